The van der Waals surface area contributed by atoms with Crippen LogP contribution in [0.15, 0.2) is 84.2 Å². The van der Waals surface area contributed by atoms with Crippen LogP contribution in [0.25, 0.3) is 33.4 Å². The highest BCUT2D eigenvalue weighted by Crippen LogP contribution is 2.30. The number of carbonyl (C=O) groups excluding carboxylic acids is 2. The Morgan fingerprint density at radius 2 is 1.70 bits per heavy atom. The fourth-order valence-corrected chi connectivity index (χ4v) is 4.71. The van der Waals surface area contributed by atoms with Gasteiger partial charge in [-0.15, -0.1) is 11.3 Å². The second kappa shape index (κ2) is 10.8. The van der Waals surface area contributed by atoms with Gasteiger partial charge in [0.1, 0.15) is 5.75 Å². The second-order valence-electron chi connectivity index (χ2n) is 7.94. The number of benzene rings is 3. The first kappa shape index (κ1) is 24.4. The first-order chi connectivity index (χ1) is 18.0. The fourth-order valence-electron chi connectivity index (χ4n) is 3.74. The molecule has 0 aliphatic heterocycles. The number of rotatable bonds is 7. The molecule has 37 heavy (non-hydrogen) atoms. The monoisotopic (exact) mass is 529 g/mol. The van der Waals surface area contributed by atoms with Crippen molar-refractivity contribution >= 4 is 50.8 Å². The number of ether oxygens (including phenoxy) is 2. The molecule has 0 bridgehead atoms. The molecule has 0 atom stereocenters. The first-order valence-electron chi connectivity index (χ1n) is 11.2. The van der Waals surface area contributed by atoms with Crippen LogP contribution in [0.5, 0.6) is 5.75 Å². The van der Waals surface area contributed by atoms with Gasteiger partial charge in [-0.2, -0.15) is 0 Å². The van der Waals surface area contributed by atoms with Gasteiger partial charge in [-0.05, 0) is 42.5 Å². The number of carbonyl (C=O) groups is 2. The van der Waals surface area contributed by atoms with Crippen molar-refractivity contribution in [3.05, 3.63) is 94.8 Å². The number of methoxy groups -OCH3 is 1. The Morgan fingerprint density at radius 1 is 0.946 bits per heavy atom. The standard InChI is InChI=1S/C28H20ClN3O4S/c1-35-18-12-10-17(11-13-18)25-16-37-28(31-25)32-26(33)15-36-27(34)21-14-24(20-7-2-4-8-22(20)29)30-23-9-5-3-6-19(21)23/h2-14,16H,15H2,1H3,(H,31,32,33). The van der Waals surface area contributed by atoms with Crippen molar-refractivity contribution in [1.29, 1.82) is 0 Å². The molecule has 184 valence electrons. The number of nitrogens with one attached hydrogen (secondary N) is 1. The normalized spacial score (nSPS) is 10.8. The summed E-state index contributed by atoms with van der Waals surface area (Å²) in [5.41, 5.74) is 3.75. The molecule has 5 rings (SSSR count). The molecule has 0 saturated heterocycles. The topological polar surface area (TPSA) is 90.4 Å². The maximum atomic E-state index is 13.0. The summed E-state index contributed by atoms with van der Waals surface area (Å²) in [6.45, 7) is -0.464. The Labute approximate surface area is 221 Å². The molecule has 0 aliphatic rings. The van der Waals surface area contributed by atoms with E-state index in [0.29, 0.717) is 37.9 Å². The zero-order chi connectivity index (χ0) is 25.8. The Hall–Kier alpha value is -4.27. The minimum absolute atomic E-state index is 0.296. The van der Waals surface area contributed by atoms with E-state index in [4.69, 9.17) is 21.1 Å². The average molecular weight is 530 g/mol. The van der Waals surface area contributed by atoms with Crippen molar-refractivity contribution in [2.24, 2.45) is 0 Å². The Morgan fingerprint density at radius 3 is 2.49 bits per heavy atom. The van der Waals surface area contributed by atoms with E-state index in [-0.39, 0.29) is 0 Å². The number of hydrogen-bond donors (Lipinski definition) is 1. The number of fused-ring (bicyclic) bond motifs is 1. The van der Waals surface area contributed by atoms with Gasteiger partial charge in [0.05, 0.1) is 29.6 Å². The number of anilines is 1. The highest BCUT2D eigenvalue weighted by atomic mass is 35.5. The molecule has 0 aliphatic carbocycles. The van der Waals surface area contributed by atoms with Gasteiger partial charge in [-0.1, -0.05) is 48.0 Å². The number of pyridine rings is 1. The number of nitrogens with zero attached hydrogens (tertiary/aromatic N) is 2. The maximum Gasteiger partial charge on any atom is 0.339 e. The van der Waals surface area contributed by atoms with Gasteiger partial charge in [0.25, 0.3) is 5.91 Å². The second-order valence-corrected chi connectivity index (χ2v) is 9.21. The summed E-state index contributed by atoms with van der Waals surface area (Å²) in [4.78, 5) is 34.6. The molecule has 0 unspecified atom stereocenters. The van der Waals surface area contributed by atoms with Crippen molar-refractivity contribution in [2.45, 2.75) is 0 Å². The largest absolute Gasteiger partial charge is 0.497 e. The lowest BCUT2D eigenvalue weighted by molar-refractivity contribution is -0.119. The van der Waals surface area contributed by atoms with Gasteiger partial charge >= 0.3 is 5.97 Å². The lowest BCUT2D eigenvalue weighted by atomic mass is 10.0. The van der Waals surface area contributed by atoms with Gasteiger partial charge in [-0.25, -0.2) is 14.8 Å². The van der Waals surface area contributed by atoms with Crippen molar-refractivity contribution in [2.75, 3.05) is 19.0 Å². The molecule has 1 amide bonds. The summed E-state index contributed by atoms with van der Waals surface area (Å²) in [5, 5.41) is 6.05. The number of amides is 1. The van der Waals surface area contributed by atoms with E-state index in [1.807, 2.05) is 66.0 Å². The van der Waals surface area contributed by atoms with Crippen LogP contribution in [0.3, 0.4) is 0 Å². The fraction of sp³-hybridized carbons (Fsp3) is 0.0714. The average Bonchev–Trinajstić information content (AvgIpc) is 3.39. The third kappa shape index (κ3) is 5.45. The molecule has 0 saturated carbocycles. The number of thiazole rings is 1. The highest BCUT2D eigenvalue weighted by Gasteiger charge is 2.18. The first-order valence-corrected chi connectivity index (χ1v) is 12.5. The van der Waals surface area contributed by atoms with Crippen LogP contribution in [-0.2, 0) is 9.53 Å². The molecule has 9 heteroatoms. The zero-order valence-corrected chi connectivity index (χ0v) is 21.2. The lowest BCUT2D eigenvalue weighted by Crippen LogP contribution is -2.21. The molecule has 7 nitrogen and oxygen atoms in total. The Bertz CT molecular complexity index is 1600. The van der Waals surface area contributed by atoms with Crippen LogP contribution in [0.2, 0.25) is 5.02 Å². The number of halogens is 1. The summed E-state index contributed by atoms with van der Waals surface area (Å²) < 4.78 is 10.5. The van der Waals surface area contributed by atoms with Crippen molar-refractivity contribution in [3.8, 4) is 28.3 Å². The van der Waals surface area contributed by atoms with Crippen LogP contribution in [0, 0.1) is 0 Å². The van der Waals surface area contributed by atoms with Crippen molar-refractivity contribution < 1.29 is 19.1 Å². The predicted octanol–water partition coefficient (Wildman–Crippen LogP) is 6.48. The van der Waals surface area contributed by atoms with E-state index in [1.54, 1.807) is 25.3 Å². The molecule has 2 heterocycles. The number of para-hydroxylation sites is 1. The maximum absolute atomic E-state index is 13.0. The molecule has 2 aromatic heterocycles. The highest BCUT2D eigenvalue weighted by molar-refractivity contribution is 7.14. The van der Waals surface area contributed by atoms with Gasteiger partial charge in [-0.3, -0.25) is 10.1 Å². The van der Waals surface area contributed by atoms with E-state index in [2.05, 4.69) is 15.3 Å². The van der Waals surface area contributed by atoms with Crippen LogP contribution in [-0.4, -0.2) is 35.6 Å². The van der Waals surface area contributed by atoms with E-state index in [0.717, 1.165) is 17.0 Å². The molecular weight excluding hydrogens is 510 g/mol. The van der Waals surface area contributed by atoms with E-state index in [1.165, 1.54) is 11.3 Å². The number of aromatic nitrogens is 2. The van der Waals surface area contributed by atoms with Crippen molar-refractivity contribution in [1.82, 2.24) is 9.97 Å². The predicted molar refractivity (Wildman–Crippen MR) is 145 cm³/mol. The third-order valence-corrected chi connectivity index (χ3v) is 6.64. The molecule has 0 spiro atoms. The van der Waals surface area contributed by atoms with Crippen LogP contribution in [0.4, 0.5) is 5.13 Å². The molecular formula is C28H20ClN3O4S. The van der Waals surface area contributed by atoms with Crippen LogP contribution in [0.1, 0.15) is 10.4 Å². The van der Waals surface area contributed by atoms with E-state index in [9.17, 15) is 9.59 Å². The smallest absolute Gasteiger partial charge is 0.339 e. The Kier molecular flexibility index (Phi) is 7.11. The SMILES string of the molecule is COc1ccc(-c2csc(NC(=O)COC(=O)c3cc(-c4ccccc4Cl)nc4ccccc34)n2)cc1. The zero-order valence-electron chi connectivity index (χ0n) is 19.6. The van der Waals surface area contributed by atoms with E-state index >= 15 is 0 Å². The summed E-state index contributed by atoms with van der Waals surface area (Å²) in [6, 6.07) is 23.6. The summed E-state index contributed by atoms with van der Waals surface area (Å²) in [6.07, 6.45) is 0. The minimum Gasteiger partial charge on any atom is -0.497 e. The minimum atomic E-state index is -0.639. The quantitative estimate of drug-likeness (QED) is 0.243. The molecule has 3 aromatic carbocycles. The van der Waals surface area contributed by atoms with Crippen molar-refractivity contribution in [3.63, 3.8) is 0 Å². The van der Waals surface area contributed by atoms with E-state index < -0.39 is 18.5 Å². The van der Waals surface area contributed by atoms with Gasteiger partial charge in [0.2, 0.25) is 0 Å². The molecule has 0 radical (unpaired) electrons. The number of hydrogen-bond acceptors (Lipinski definition) is 7. The van der Waals surface area contributed by atoms with Gasteiger partial charge < -0.3 is 9.47 Å². The molecule has 5 aromatic rings. The summed E-state index contributed by atoms with van der Waals surface area (Å²) in [5.74, 6) is -0.385. The van der Waals surface area contributed by atoms with Gasteiger partial charge in [0.15, 0.2) is 11.7 Å². The molecule has 1 N–H and O–H groups in total. The van der Waals surface area contributed by atoms with Gasteiger partial charge in [0, 0.05) is 26.9 Å². The molecule has 0 fully saturated rings. The summed E-state index contributed by atoms with van der Waals surface area (Å²) >= 11 is 7.64. The third-order valence-electron chi connectivity index (χ3n) is 5.56. The van der Waals surface area contributed by atoms with Crippen LogP contribution >= 0.6 is 22.9 Å². The van der Waals surface area contributed by atoms with Crippen LogP contribution < -0.4 is 10.1 Å². The summed E-state index contributed by atoms with van der Waals surface area (Å²) in [7, 11) is 1.60. The number of esters is 1. The Balaban J connectivity index is 1.29. The lowest BCUT2D eigenvalue weighted by Gasteiger charge is -2.11.